The summed E-state index contributed by atoms with van der Waals surface area (Å²) in [7, 11) is 0.623. The molecule has 47 heavy (non-hydrogen) atoms. The van der Waals surface area contributed by atoms with E-state index in [0.29, 0.717) is 20.9 Å². The van der Waals surface area contributed by atoms with Crippen molar-refractivity contribution in [3.05, 3.63) is 54.9 Å². The maximum atomic E-state index is 6.24. The van der Waals surface area contributed by atoms with Crippen LogP contribution in [-0.2, 0) is 0 Å². The van der Waals surface area contributed by atoms with Crippen molar-refractivity contribution >= 4 is 9.52 Å². The summed E-state index contributed by atoms with van der Waals surface area (Å²) in [5.41, 5.74) is 3.61. The van der Waals surface area contributed by atoms with Crippen LogP contribution in [0.25, 0.3) is 22.5 Å². The Labute approximate surface area is 287 Å². The molecule has 5 nitrogen and oxygen atoms in total. The van der Waals surface area contributed by atoms with Gasteiger partial charge in [-0.3, -0.25) is 0 Å². The first-order valence-electron chi connectivity index (χ1n) is 18.9. The second kappa shape index (κ2) is 19.2. The van der Waals surface area contributed by atoms with E-state index < -0.39 is 0 Å². The molecule has 6 heteroatoms. The quantitative estimate of drug-likeness (QED) is 0.0752. The topological polar surface area (TPSA) is 53.5 Å². The third kappa shape index (κ3) is 12.3. The summed E-state index contributed by atoms with van der Waals surface area (Å²) in [4.78, 5) is 9.37. The highest BCUT2D eigenvalue weighted by Crippen LogP contribution is 2.38. The van der Waals surface area contributed by atoms with E-state index in [4.69, 9.17) is 14.2 Å². The first-order valence-corrected chi connectivity index (χ1v) is 20.0. The number of hydrogen-bond acceptors (Lipinski definition) is 5. The minimum Gasteiger partial charge on any atom is -0.494 e. The molecule has 1 fully saturated rings. The van der Waals surface area contributed by atoms with Gasteiger partial charge in [-0.05, 0) is 59.7 Å². The molecule has 3 unspecified atom stereocenters. The number of benzene rings is 2. The fourth-order valence-electron chi connectivity index (χ4n) is 6.51. The first-order chi connectivity index (χ1) is 23.1. The summed E-state index contributed by atoms with van der Waals surface area (Å²) in [6, 6.07) is 14.3. The van der Waals surface area contributed by atoms with Crippen LogP contribution in [0, 0.1) is 11.8 Å². The molecule has 2 aromatic carbocycles. The van der Waals surface area contributed by atoms with Gasteiger partial charge >= 0.3 is 0 Å². The highest BCUT2D eigenvalue weighted by atomic mass is 28.2. The second-order valence-electron chi connectivity index (χ2n) is 14.2. The predicted octanol–water partition coefficient (Wildman–Crippen LogP) is 11.7. The predicted molar refractivity (Wildman–Crippen MR) is 195 cm³/mol. The van der Waals surface area contributed by atoms with E-state index in [1.165, 1.54) is 103 Å². The molecule has 0 spiro atoms. The van der Waals surface area contributed by atoms with E-state index >= 15 is 0 Å². The summed E-state index contributed by atoms with van der Waals surface area (Å²) < 4.78 is 18.4. The minimum atomic E-state index is -0.189. The molecular weight excluding hydrogens is 597 g/mol. The molecule has 0 saturated heterocycles. The van der Waals surface area contributed by atoms with Gasteiger partial charge in [0.25, 0.3) is 0 Å². The Hall–Kier alpha value is -2.86. The molecule has 3 aromatic rings. The Morgan fingerprint density at radius 3 is 2.13 bits per heavy atom. The zero-order valence-corrected chi connectivity index (χ0v) is 30.4. The van der Waals surface area contributed by atoms with Crippen LogP contribution < -0.4 is 14.2 Å². The molecular formula is C41H58N2O3Si. The summed E-state index contributed by atoms with van der Waals surface area (Å²) in [5, 5.41) is 0. The number of hydrogen-bond donors (Lipinski definition) is 0. The first kappa shape index (κ1) is 35.4. The molecule has 5 rings (SSSR count). The van der Waals surface area contributed by atoms with Crippen LogP contribution in [0.2, 0.25) is 5.54 Å². The van der Waals surface area contributed by atoms with Gasteiger partial charge in [0.1, 0.15) is 5.75 Å². The van der Waals surface area contributed by atoms with Gasteiger partial charge < -0.3 is 14.2 Å². The number of ether oxygens (including phenoxy) is 3. The lowest BCUT2D eigenvalue weighted by molar-refractivity contribution is 0.122. The molecule has 2 heterocycles. The lowest BCUT2D eigenvalue weighted by atomic mass is 9.96. The van der Waals surface area contributed by atoms with Gasteiger partial charge in [0.15, 0.2) is 26.8 Å². The summed E-state index contributed by atoms with van der Waals surface area (Å²) in [6.45, 7) is 7.84. The molecule has 0 N–H and O–H groups in total. The standard InChI is InChI=1S/C41H58N2O3Si/c1-4-5-10-15-31(2)16-11-6-7-12-17-32(3)47-41-45-38-26-23-35(28-39(38)46-41)40-42-29-36(30-43-40)34-21-24-37(25-22-34)44-27-14-9-8-13-18-33-19-20-33/h21-26,28-33,41H,4-20,27H2,1-3H3. The molecule has 1 aromatic heterocycles. The van der Waals surface area contributed by atoms with Crippen molar-refractivity contribution in [2.24, 2.45) is 11.8 Å². The molecule has 1 saturated carbocycles. The smallest absolute Gasteiger partial charge is 0.215 e. The van der Waals surface area contributed by atoms with Gasteiger partial charge in [0, 0.05) is 23.5 Å². The average molecular weight is 655 g/mol. The largest absolute Gasteiger partial charge is 0.494 e. The average Bonchev–Trinajstić information content (AvgIpc) is 3.83. The van der Waals surface area contributed by atoms with Gasteiger partial charge in [-0.1, -0.05) is 136 Å². The summed E-state index contributed by atoms with van der Waals surface area (Å²) in [5.74, 6) is 4.97. The van der Waals surface area contributed by atoms with Crippen LogP contribution in [0.1, 0.15) is 130 Å². The van der Waals surface area contributed by atoms with Crippen LogP contribution in [0.15, 0.2) is 54.9 Å². The van der Waals surface area contributed by atoms with E-state index in [-0.39, 0.29) is 5.91 Å². The van der Waals surface area contributed by atoms with E-state index in [1.54, 1.807) is 0 Å². The van der Waals surface area contributed by atoms with Gasteiger partial charge in [0.2, 0.25) is 5.91 Å². The van der Waals surface area contributed by atoms with Crippen molar-refractivity contribution in [3.63, 3.8) is 0 Å². The Morgan fingerprint density at radius 2 is 1.38 bits per heavy atom. The lowest BCUT2D eigenvalue weighted by Crippen LogP contribution is -2.28. The Bertz CT molecular complexity index is 1310. The lowest BCUT2D eigenvalue weighted by Gasteiger charge is -2.15. The third-order valence-electron chi connectivity index (χ3n) is 9.79. The van der Waals surface area contributed by atoms with Crippen molar-refractivity contribution in [2.45, 2.75) is 141 Å². The number of aromatic nitrogens is 2. The minimum absolute atomic E-state index is 0.189. The van der Waals surface area contributed by atoms with E-state index in [1.807, 2.05) is 42.7 Å². The maximum Gasteiger partial charge on any atom is 0.215 e. The Kier molecular flexibility index (Phi) is 14.5. The molecule has 2 aliphatic rings. The van der Waals surface area contributed by atoms with Crippen molar-refractivity contribution in [2.75, 3.05) is 6.61 Å². The molecule has 2 radical (unpaired) electrons. The van der Waals surface area contributed by atoms with Crippen LogP contribution >= 0.6 is 0 Å². The zero-order valence-electron chi connectivity index (χ0n) is 29.4. The zero-order chi connectivity index (χ0) is 32.7. The van der Waals surface area contributed by atoms with E-state index in [9.17, 15) is 0 Å². The second-order valence-corrected chi connectivity index (χ2v) is 16.0. The molecule has 1 aliphatic carbocycles. The SMILES string of the molecule is CCCCCC(C)CCCCCCC(C)[Si]C1Oc2ccc(-c3ncc(-c4ccc(OCCCCCCC5CC5)cc4)cn3)cc2O1. The summed E-state index contributed by atoms with van der Waals surface area (Å²) >= 11 is 0. The van der Waals surface area contributed by atoms with Crippen LogP contribution in [-0.4, -0.2) is 32.0 Å². The fourth-order valence-corrected chi connectivity index (χ4v) is 7.74. The summed E-state index contributed by atoms with van der Waals surface area (Å²) in [6.07, 6.45) is 26.8. The van der Waals surface area contributed by atoms with Gasteiger partial charge in [-0.25, -0.2) is 9.97 Å². The number of nitrogens with zero attached hydrogens (tertiary/aromatic N) is 2. The maximum absolute atomic E-state index is 6.24. The number of unbranched alkanes of at least 4 members (excludes halogenated alkanes) is 8. The Morgan fingerprint density at radius 1 is 0.723 bits per heavy atom. The third-order valence-corrected chi connectivity index (χ3v) is 11.2. The molecule has 3 atom stereocenters. The molecule has 1 aliphatic heterocycles. The van der Waals surface area contributed by atoms with Gasteiger partial charge in [-0.15, -0.1) is 0 Å². The fraction of sp³-hybridized carbons (Fsp3) is 0.610. The van der Waals surface area contributed by atoms with Gasteiger partial charge in [-0.2, -0.15) is 0 Å². The Balaban J connectivity index is 0.988. The molecule has 254 valence electrons. The normalized spacial score (nSPS) is 16.7. The molecule has 0 bridgehead atoms. The van der Waals surface area contributed by atoms with Crippen molar-refractivity contribution in [3.8, 4) is 39.8 Å². The van der Waals surface area contributed by atoms with E-state index in [2.05, 4.69) is 42.9 Å². The van der Waals surface area contributed by atoms with E-state index in [0.717, 1.165) is 58.8 Å². The monoisotopic (exact) mass is 654 g/mol. The molecule has 0 amide bonds. The van der Waals surface area contributed by atoms with Gasteiger partial charge in [0.05, 0.1) is 6.61 Å². The van der Waals surface area contributed by atoms with Crippen LogP contribution in [0.3, 0.4) is 0 Å². The number of rotatable bonds is 23. The number of fused-ring (bicyclic) bond motifs is 1. The van der Waals surface area contributed by atoms with Crippen molar-refractivity contribution < 1.29 is 14.2 Å². The van der Waals surface area contributed by atoms with Crippen LogP contribution in [0.4, 0.5) is 0 Å². The van der Waals surface area contributed by atoms with Crippen molar-refractivity contribution in [1.29, 1.82) is 0 Å². The van der Waals surface area contributed by atoms with Crippen LogP contribution in [0.5, 0.6) is 17.2 Å². The highest BCUT2D eigenvalue weighted by molar-refractivity contribution is 6.38. The van der Waals surface area contributed by atoms with Crippen molar-refractivity contribution in [1.82, 2.24) is 9.97 Å². The highest BCUT2D eigenvalue weighted by Gasteiger charge is 2.27.